The van der Waals surface area contributed by atoms with E-state index in [2.05, 4.69) is 5.32 Å². The average Bonchev–Trinajstić information content (AvgIpc) is 2.43. The van der Waals surface area contributed by atoms with E-state index in [1.165, 1.54) is 6.08 Å². The second-order valence-electron chi connectivity index (χ2n) is 4.65. The fourth-order valence-corrected chi connectivity index (χ4v) is 1.95. The summed E-state index contributed by atoms with van der Waals surface area (Å²) < 4.78 is 0. The van der Waals surface area contributed by atoms with Crippen LogP contribution in [0.5, 0.6) is 0 Å². The van der Waals surface area contributed by atoms with Crippen LogP contribution in [0.2, 0.25) is 5.02 Å². The van der Waals surface area contributed by atoms with E-state index in [1.807, 2.05) is 56.3 Å². The molecule has 20 heavy (non-hydrogen) atoms. The van der Waals surface area contributed by atoms with Gasteiger partial charge in [-0.05, 0) is 48.7 Å². The van der Waals surface area contributed by atoms with E-state index < -0.39 is 0 Å². The predicted octanol–water partition coefficient (Wildman–Crippen LogP) is 4.61. The molecule has 0 heterocycles. The third-order valence-corrected chi connectivity index (χ3v) is 3.44. The normalized spacial score (nSPS) is 10.8. The number of benzene rings is 2. The Morgan fingerprint density at radius 2 is 1.85 bits per heavy atom. The van der Waals surface area contributed by atoms with Gasteiger partial charge in [-0.1, -0.05) is 41.9 Å². The number of rotatable bonds is 3. The molecule has 0 aliphatic heterocycles. The number of halogens is 1. The van der Waals surface area contributed by atoms with E-state index in [0.29, 0.717) is 0 Å². The molecule has 2 rings (SSSR count). The summed E-state index contributed by atoms with van der Waals surface area (Å²) in [5.41, 5.74) is 3.81. The lowest BCUT2D eigenvalue weighted by Gasteiger charge is -2.05. The maximum atomic E-state index is 11.9. The van der Waals surface area contributed by atoms with Gasteiger partial charge < -0.3 is 5.32 Å². The van der Waals surface area contributed by atoms with Crippen LogP contribution in [0.25, 0.3) is 6.08 Å². The molecule has 0 unspecified atom stereocenters. The largest absolute Gasteiger partial charge is 0.322 e. The molecule has 0 atom stereocenters. The van der Waals surface area contributed by atoms with Crippen LogP contribution >= 0.6 is 11.6 Å². The molecular formula is C17H16ClNO. The van der Waals surface area contributed by atoms with Crippen molar-refractivity contribution >= 4 is 29.3 Å². The Morgan fingerprint density at radius 3 is 2.55 bits per heavy atom. The van der Waals surface area contributed by atoms with Gasteiger partial charge in [-0.3, -0.25) is 4.79 Å². The van der Waals surface area contributed by atoms with Gasteiger partial charge in [0.15, 0.2) is 0 Å². The first kappa shape index (κ1) is 14.4. The molecule has 2 aromatic rings. The smallest absolute Gasteiger partial charge is 0.248 e. The lowest BCUT2D eigenvalue weighted by molar-refractivity contribution is -0.111. The molecule has 0 aliphatic rings. The monoisotopic (exact) mass is 285 g/mol. The molecule has 2 nitrogen and oxygen atoms in total. The molecule has 0 radical (unpaired) electrons. The minimum absolute atomic E-state index is 0.146. The Kier molecular flexibility index (Phi) is 4.59. The van der Waals surface area contributed by atoms with Crippen molar-refractivity contribution < 1.29 is 4.79 Å². The van der Waals surface area contributed by atoms with Crippen LogP contribution in [-0.2, 0) is 4.79 Å². The van der Waals surface area contributed by atoms with Gasteiger partial charge in [-0.2, -0.15) is 0 Å². The molecule has 2 aromatic carbocycles. The molecule has 0 bridgehead atoms. The maximum absolute atomic E-state index is 11.9. The number of amides is 1. The lowest BCUT2D eigenvalue weighted by atomic mass is 10.1. The van der Waals surface area contributed by atoms with Crippen LogP contribution in [-0.4, -0.2) is 5.91 Å². The lowest BCUT2D eigenvalue weighted by Crippen LogP contribution is -2.08. The van der Waals surface area contributed by atoms with Gasteiger partial charge >= 0.3 is 0 Å². The van der Waals surface area contributed by atoms with Crippen molar-refractivity contribution in [3.05, 3.63) is 70.3 Å². The Labute approximate surface area is 124 Å². The molecule has 102 valence electrons. The van der Waals surface area contributed by atoms with Gasteiger partial charge in [0.2, 0.25) is 5.91 Å². The van der Waals surface area contributed by atoms with E-state index in [-0.39, 0.29) is 5.91 Å². The molecule has 0 aliphatic carbocycles. The summed E-state index contributed by atoms with van der Waals surface area (Å²) >= 11 is 5.96. The van der Waals surface area contributed by atoms with Crippen LogP contribution in [0.15, 0.2) is 48.5 Å². The number of hydrogen-bond acceptors (Lipinski definition) is 1. The standard InChI is InChI=1S/C17H16ClNO/c1-12-5-3-4-6-16(12)19-17(20)10-8-14-7-9-15(18)13(2)11-14/h3-11H,1-2H3,(H,19,20). The van der Waals surface area contributed by atoms with Gasteiger partial charge in [0, 0.05) is 16.8 Å². The molecule has 0 saturated heterocycles. The summed E-state index contributed by atoms with van der Waals surface area (Å²) in [6.45, 7) is 3.90. The maximum Gasteiger partial charge on any atom is 0.248 e. The first-order valence-electron chi connectivity index (χ1n) is 6.37. The first-order valence-corrected chi connectivity index (χ1v) is 6.75. The van der Waals surface area contributed by atoms with Crippen LogP contribution in [0.3, 0.4) is 0 Å². The first-order chi connectivity index (χ1) is 9.56. The van der Waals surface area contributed by atoms with Crippen molar-refractivity contribution in [2.75, 3.05) is 5.32 Å². The fraction of sp³-hybridized carbons (Fsp3) is 0.118. The predicted molar refractivity (Wildman–Crippen MR) is 85.0 cm³/mol. The number of hydrogen-bond donors (Lipinski definition) is 1. The second-order valence-corrected chi connectivity index (χ2v) is 5.05. The highest BCUT2D eigenvalue weighted by atomic mass is 35.5. The summed E-state index contributed by atoms with van der Waals surface area (Å²) in [6, 6.07) is 13.3. The molecule has 0 spiro atoms. The van der Waals surface area contributed by atoms with Crippen molar-refractivity contribution in [1.29, 1.82) is 0 Å². The minimum atomic E-state index is -0.146. The summed E-state index contributed by atoms with van der Waals surface area (Å²) in [4.78, 5) is 11.9. The van der Waals surface area contributed by atoms with Crippen LogP contribution in [0.1, 0.15) is 16.7 Å². The number of para-hydroxylation sites is 1. The number of aryl methyl sites for hydroxylation is 2. The third kappa shape index (κ3) is 3.72. The number of carbonyl (C=O) groups is 1. The number of nitrogens with one attached hydrogen (secondary N) is 1. The molecule has 1 N–H and O–H groups in total. The van der Waals surface area contributed by atoms with Crippen molar-refractivity contribution in [1.82, 2.24) is 0 Å². The summed E-state index contributed by atoms with van der Waals surface area (Å²) in [5.74, 6) is -0.146. The SMILES string of the molecule is Cc1cc(C=CC(=O)Nc2ccccc2C)ccc1Cl. The topological polar surface area (TPSA) is 29.1 Å². The average molecular weight is 286 g/mol. The summed E-state index contributed by atoms with van der Waals surface area (Å²) in [7, 11) is 0. The van der Waals surface area contributed by atoms with Crippen LogP contribution in [0, 0.1) is 13.8 Å². The molecular weight excluding hydrogens is 270 g/mol. The van der Waals surface area contributed by atoms with E-state index in [1.54, 1.807) is 6.08 Å². The highest BCUT2D eigenvalue weighted by molar-refractivity contribution is 6.31. The van der Waals surface area contributed by atoms with E-state index in [9.17, 15) is 4.79 Å². The Bertz CT molecular complexity index is 662. The van der Waals surface area contributed by atoms with E-state index in [0.717, 1.165) is 27.4 Å². The quantitative estimate of drug-likeness (QED) is 0.820. The number of anilines is 1. The highest BCUT2D eigenvalue weighted by Crippen LogP contribution is 2.17. The van der Waals surface area contributed by atoms with E-state index in [4.69, 9.17) is 11.6 Å². The molecule has 0 aromatic heterocycles. The zero-order valence-corrected chi connectivity index (χ0v) is 12.2. The number of carbonyl (C=O) groups excluding carboxylic acids is 1. The van der Waals surface area contributed by atoms with Crippen molar-refractivity contribution in [2.45, 2.75) is 13.8 Å². The zero-order chi connectivity index (χ0) is 14.5. The molecule has 0 fully saturated rings. The van der Waals surface area contributed by atoms with Crippen LogP contribution in [0.4, 0.5) is 5.69 Å². The minimum Gasteiger partial charge on any atom is -0.322 e. The fourth-order valence-electron chi connectivity index (χ4n) is 1.83. The van der Waals surface area contributed by atoms with Crippen LogP contribution < -0.4 is 5.32 Å². The Hall–Kier alpha value is -2.06. The van der Waals surface area contributed by atoms with Crippen molar-refractivity contribution in [3.63, 3.8) is 0 Å². The Balaban J connectivity index is 2.06. The van der Waals surface area contributed by atoms with Crippen molar-refractivity contribution in [3.8, 4) is 0 Å². The molecule has 3 heteroatoms. The molecule has 1 amide bonds. The summed E-state index contributed by atoms with van der Waals surface area (Å²) in [6.07, 6.45) is 3.30. The zero-order valence-electron chi connectivity index (χ0n) is 11.5. The molecule has 0 saturated carbocycles. The van der Waals surface area contributed by atoms with Gasteiger partial charge in [0.1, 0.15) is 0 Å². The van der Waals surface area contributed by atoms with E-state index >= 15 is 0 Å². The van der Waals surface area contributed by atoms with Gasteiger partial charge in [-0.25, -0.2) is 0 Å². The second kappa shape index (κ2) is 6.40. The third-order valence-electron chi connectivity index (χ3n) is 3.01. The highest BCUT2D eigenvalue weighted by Gasteiger charge is 2.00. The van der Waals surface area contributed by atoms with Crippen molar-refractivity contribution in [2.24, 2.45) is 0 Å². The van der Waals surface area contributed by atoms with Gasteiger partial charge in [0.05, 0.1) is 0 Å². The summed E-state index contributed by atoms with van der Waals surface area (Å²) in [5, 5.41) is 3.58. The van der Waals surface area contributed by atoms with Gasteiger partial charge in [0.25, 0.3) is 0 Å². The Morgan fingerprint density at radius 1 is 1.10 bits per heavy atom. The van der Waals surface area contributed by atoms with Gasteiger partial charge in [-0.15, -0.1) is 0 Å².